The van der Waals surface area contributed by atoms with Crippen LogP contribution in [-0.4, -0.2) is 39.7 Å². The molecule has 0 saturated heterocycles. The molecule has 0 fully saturated rings. The highest BCUT2D eigenvalue weighted by atomic mass is 16.6. The van der Waals surface area contributed by atoms with E-state index >= 15 is 0 Å². The van der Waals surface area contributed by atoms with Gasteiger partial charge in [-0.05, 0) is 92.1 Å². The number of aryl methyl sites for hydroxylation is 1. The Balaban J connectivity index is 0.000000188. The van der Waals surface area contributed by atoms with E-state index in [1.54, 1.807) is 60.7 Å². The maximum atomic E-state index is 13.3. The first-order valence-electron chi connectivity index (χ1n) is 27.6. The first-order valence-corrected chi connectivity index (χ1v) is 27.6. The summed E-state index contributed by atoms with van der Waals surface area (Å²) >= 11 is 0. The van der Waals surface area contributed by atoms with Crippen LogP contribution in [0.4, 0.5) is 0 Å². The van der Waals surface area contributed by atoms with Crippen molar-refractivity contribution in [1.82, 2.24) is 0 Å². The van der Waals surface area contributed by atoms with E-state index in [4.69, 9.17) is 23.7 Å². The molecule has 400 valence electrons. The largest absolute Gasteiger partial charge is 0.508 e. The van der Waals surface area contributed by atoms with Crippen LogP contribution in [0.3, 0.4) is 0 Å². The van der Waals surface area contributed by atoms with Gasteiger partial charge in [0.15, 0.2) is 22.8 Å². The highest BCUT2D eigenvalue weighted by molar-refractivity contribution is 6.02. The Kier molecular flexibility index (Phi) is 16.6. The van der Waals surface area contributed by atoms with E-state index in [0.29, 0.717) is 97.2 Å². The van der Waals surface area contributed by atoms with Gasteiger partial charge >= 0.3 is 17.9 Å². The number of phenolic OH excluding ortho intramolecular Hbond substituents is 2. The van der Waals surface area contributed by atoms with E-state index in [9.17, 15) is 34.2 Å². The van der Waals surface area contributed by atoms with Crippen LogP contribution in [0.15, 0.2) is 109 Å². The standard InChI is InChI=1S/C34H36O6.C31H32O6/c1-4-5-6-7-8-9-10-11-12-30(36)24-14-16-26-29(20-24)34(40-33(26)37)27-17-13-22(2)19-31(27)39-32-21-25(38-23(3)35)15-18-28(32)34;1-2-3-4-5-6-7-8-9-10-27(34)20-11-14-23-26(17-20)31(37-30(23)35)24-15-12-21(32)18-28(24)36-29-19-22(33)13-16-25(29)31/h13-21H,4-12H2,1-3H3;11-19,32-33H,2-10H2,1H3. The van der Waals surface area contributed by atoms with E-state index in [1.165, 1.54) is 95.4 Å². The SMILES string of the molecule is CCCCCCCCCCC(=O)c1ccc2c(c1)C1(OC2=O)c2ccc(C)cc2Oc2cc(OC(C)=O)ccc21.CCCCCCCCCCC(=O)c1ccc2c(c1)C1(OC2=O)c2ccc(O)cc2Oc2cc(O)ccc21. The average molecular weight is 1040 g/mol. The maximum absolute atomic E-state index is 13.3. The molecular formula is C65H68O12. The summed E-state index contributed by atoms with van der Waals surface area (Å²) in [5.41, 5.74) is 3.80. The fraction of sp³-hybridized carbons (Fsp3) is 0.369. The Morgan fingerprint density at radius 3 is 1.29 bits per heavy atom. The number of ketones is 2. The maximum Gasteiger partial charge on any atom is 0.340 e. The van der Waals surface area contributed by atoms with Crippen LogP contribution in [0.5, 0.6) is 40.2 Å². The van der Waals surface area contributed by atoms with Crippen molar-refractivity contribution in [2.24, 2.45) is 0 Å². The number of benzene rings is 6. The Labute approximate surface area is 450 Å². The number of hydrogen-bond donors (Lipinski definition) is 2. The van der Waals surface area contributed by atoms with Crippen LogP contribution in [0, 0.1) is 6.92 Å². The molecule has 2 N–H and O–H groups in total. The second-order valence-electron chi connectivity index (χ2n) is 20.8. The number of ether oxygens (including phenoxy) is 5. The molecule has 4 aliphatic rings. The Morgan fingerprint density at radius 2 is 0.844 bits per heavy atom. The number of unbranched alkanes of at least 4 members (excludes halogenated alkanes) is 14. The summed E-state index contributed by atoms with van der Waals surface area (Å²) in [5, 5.41) is 20.2. The third kappa shape index (κ3) is 11.1. The number of hydrogen-bond acceptors (Lipinski definition) is 12. The van der Waals surface area contributed by atoms with Crippen LogP contribution in [0.2, 0.25) is 0 Å². The summed E-state index contributed by atoms with van der Waals surface area (Å²) in [7, 11) is 0. The van der Waals surface area contributed by atoms with Gasteiger partial charge in [-0.3, -0.25) is 14.4 Å². The lowest BCUT2D eigenvalue weighted by atomic mass is 9.76. The third-order valence-corrected chi connectivity index (χ3v) is 15.1. The quantitative estimate of drug-likeness (QED) is 0.0303. The molecular weight excluding hydrogens is 973 g/mol. The van der Waals surface area contributed by atoms with Gasteiger partial charge in [-0.25, -0.2) is 9.59 Å². The molecule has 2 spiro atoms. The van der Waals surface area contributed by atoms with E-state index in [0.717, 1.165) is 44.1 Å². The van der Waals surface area contributed by atoms with Gasteiger partial charge in [0.05, 0.1) is 11.1 Å². The molecule has 10 rings (SSSR count). The first kappa shape index (κ1) is 54.1. The molecule has 6 aromatic carbocycles. The Hall–Kier alpha value is -7.73. The van der Waals surface area contributed by atoms with Crippen LogP contribution in [0.25, 0.3) is 0 Å². The van der Waals surface area contributed by atoms with Gasteiger partial charge in [0.2, 0.25) is 0 Å². The number of phenols is 2. The van der Waals surface area contributed by atoms with Crippen molar-refractivity contribution >= 4 is 29.5 Å². The van der Waals surface area contributed by atoms with Crippen molar-refractivity contribution in [2.45, 2.75) is 154 Å². The van der Waals surface area contributed by atoms with Crippen LogP contribution in [-0.2, 0) is 25.5 Å². The highest BCUT2D eigenvalue weighted by Gasteiger charge is 2.55. The van der Waals surface area contributed by atoms with Gasteiger partial charge < -0.3 is 33.9 Å². The minimum Gasteiger partial charge on any atom is -0.508 e. The number of Topliss-reactive ketones (excluding diaryl/α,β-unsaturated/α-hetero) is 2. The lowest BCUT2D eigenvalue weighted by Crippen LogP contribution is -2.33. The number of carbonyl (C=O) groups is 5. The predicted molar refractivity (Wildman–Crippen MR) is 292 cm³/mol. The minimum atomic E-state index is -1.36. The van der Waals surface area contributed by atoms with Crippen LogP contribution >= 0.6 is 0 Å². The molecule has 4 heterocycles. The van der Waals surface area contributed by atoms with E-state index in [2.05, 4.69) is 13.8 Å². The summed E-state index contributed by atoms with van der Waals surface area (Å²) in [6.45, 7) is 7.72. The van der Waals surface area contributed by atoms with E-state index in [1.807, 2.05) is 31.2 Å². The lowest BCUT2D eigenvalue weighted by molar-refractivity contribution is -0.131. The van der Waals surface area contributed by atoms with Gasteiger partial charge in [0, 0.05) is 82.5 Å². The average Bonchev–Trinajstić information content (AvgIpc) is 4.15. The molecule has 0 amide bonds. The normalized spacial score (nSPS) is 15.5. The van der Waals surface area contributed by atoms with Gasteiger partial charge in [-0.2, -0.15) is 0 Å². The zero-order valence-electron chi connectivity index (χ0n) is 44.6. The van der Waals surface area contributed by atoms with Crippen molar-refractivity contribution in [3.8, 4) is 40.2 Å². The monoisotopic (exact) mass is 1040 g/mol. The number of fused-ring (bicyclic) bond motifs is 12. The lowest BCUT2D eigenvalue weighted by Gasteiger charge is -2.36. The molecule has 0 bridgehead atoms. The minimum absolute atomic E-state index is 0.00339. The highest BCUT2D eigenvalue weighted by Crippen LogP contribution is 2.59. The topological polar surface area (TPSA) is 172 Å². The molecule has 0 radical (unpaired) electrons. The number of esters is 3. The molecule has 4 aliphatic heterocycles. The zero-order chi connectivity index (χ0) is 54.3. The van der Waals surface area contributed by atoms with Gasteiger partial charge in [-0.1, -0.05) is 128 Å². The summed E-state index contributed by atoms with van der Waals surface area (Å²) in [6.07, 6.45) is 19.5. The predicted octanol–water partition coefficient (Wildman–Crippen LogP) is 15.6. The molecule has 0 aliphatic carbocycles. The van der Waals surface area contributed by atoms with Crippen molar-refractivity contribution in [2.75, 3.05) is 0 Å². The molecule has 77 heavy (non-hydrogen) atoms. The van der Waals surface area contributed by atoms with Crippen molar-refractivity contribution in [1.29, 1.82) is 0 Å². The number of rotatable bonds is 21. The molecule has 12 heteroatoms. The summed E-state index contributed by atoms with van der Waals surface area (Å²) in [5.74, 6) is 0.610. The number of aromatic hydroxyl groups is 2. The Morgan fingerprint density at radius 1 is 0.455 bits per heavy atom. The summed E-state index contributed by atoms with van der Waals surface area (Å²) in [6, 6.07) is 30.4. The second-order valence-corrected chi connectivity index (χ2v) is 20.8. The van der Waals surface area contributed by atoms with E-state index < -0.39 is 29.1 Å². The fourth-order valence-electron chi connectivity index (χ4n) is 11.2. The van der Waals surface area contributed by atoms with Crippen LogP contribution < -0.4 is 14.2 Å². The van der Waals surface area contributed by atoms with Gasteiger partial charge in [0.1, 0.15) is 40.2 Å². The number of carbonyl (C=O) groups excluding carboxylic acids is 5. The molecule has 1 atom stereocenters. The second kappa shape index (κ2) is 23.7. The Bertz CT molecular complexity index is 3170. The van der Waals surface area contributed by atoms with Gasteiger partial charge in [-0.15, -0.1) is 0 Å². The van der Waals surface area contributed by atoms with Crippen molar-refractivity contribution in [3.05, 3.63) is 170 Å². The molecule has 1 unspecified atom stereocenters. The summed E-state index contributed by atoms with van der Waals surface area (Å²) in [4.78, 5) is 64.3. The first-order chi connectivity index (χ1) is 37.3. The van der Waals surface area contributed by atoms with Crippen molar-refractivity contribution in [3.63, 3.8) is 0 Å². The third-order valence-electron chi connectivity index (χ3n) is 15.1. The summed E-state index contributed by atoms with van der Waals surface area (Å²) < 4.78 is 29.8. The van der Waals surface area contributed by atoms with Crippen molar-refractivity contribution < 1.29 is 57.9 Å². The smallest absolute Gasteiger partial charge is 0.340 e. The molecule has 0 saturated carbocycles. The van der Waals surface area contributed by atoms with E-state index in [-0.39, 0.29) is 23.1 Å². The molecule has 6 aromatic rings. The van der Waals surface area contributed by atoms with Gasteiger partial charge in [0.25, 0.3) is 0 Å². The molecule has 0 aromatic heterocycles. The molecule has 12 nitrogen and oxygen atoms in total. The van der Waals surface area contributed by atoms with Crippen LogP contribution in [0.1, 0.15) is 217 Å². The fourth-order valence-corrected chi connectivity index (χ4v) is 11.2. The zero-order valence-corrected chi connectivity index (χ0v) is 44.6.